The van der Waals surface area contributed by atoms with E-state index in [2.05, 4.69) is 0 Å². The first kappa shape index (κ1) is 38.3. The fourth-order valence-corrected chi connectivity index (χ4v) is 6.73. The molecule has 2 heterocycles. The Kier molecular flexibility index (Phi) is 11.3. The lowest BCUT2D eigenvalue weighted by molar-refractivity contribution is -0.138. The van der Waals surface area contributed by atoms with Crippen molar-refractivity contribution in [1.82, 2.24) is 19.6 Å². The van der Waals surface area contributed by atoms with E-state index in [1.54, 1.807) is 4.90 Å². The molecule has 49 heavy (non-hydrogen) atoms. The molecule has 0 unspecified atom stereocenters. The van der Waals surface area contributed by atoms with Crippen molar-refractivity contribution in [2.45, 2.75) is 97.4 Å². The second kappa shape index (κ2) is 14.4. The van der Waals surface area contributed by atoms with Gasteiger partial charge >= 0.3 is 24.5 Å². The Morgan fingerprint density at radius 3 is 1.63 bits per heavy atom. The molecular weight excluding hydrogens is 650 g/mol. The van der Waals surface area contributed by atoms with Crippen LogP contribution < -0.4 is 0 Å². The average Bonchev–Trinajstić information content (AvgIpc) is 3.00. The predicted octanol–water partition coefficient (Wildman–Crippen LogP) is 8.69. The van der Waals surface area contributed by atoms with Gasteiger partial charge in [0, 0.05) is 45.3 Å². The molecule has 2 saturated heterocycles. The zero-order valence-electron chi connectivity index (χ0n) is 29.3. The number of amides is 3. The number of carbonyl (C=O) groups is 2. The summed E-state index contributed by atoms with van der Waals surface area (Å²) in [7, 11) is 0. The molecule has 272 valence electrons. The first-order chi connectivity index (χ1) is 22.6. The van der Waals surface area contributed by atoms with Gasteiger partial charge in [-0.15, -0.1) is 0 Å². The highest BCUT2D eigenvalue weighted by atomic mass is 19.4. The quantitative estimate of drug-likeness (QED) is 0.294. The Bertz CT molecular complexity index is 1370. The standard InChI is InChI=1S/C36H48F6N4O3/c1-8-45(28-17-19-43(20-18-28)32(48)49-34(5,6)7)31(47)46-22-21-44(23-29(46)33(2,3)4)30(24-9-13-26(14-10-24)35(37,38)39)25-11-15-27(16-12-25)36(40,41)42/h9-16,28-30H,8,17-23H2,1-7H3/t29-/m1/s1. The third-order valence-electron chi connectivity index (χ3n) is 9.27. The molecule has 2 aromatic rings. The topological polar surface area (TPSA) is 56.3 Å². The highest BCUT2D eigenvalue weighted by Crippen LogP contribution is 2.38. The maximum Gasteiger partial charge on any atom is 0.416 e. The number of carbonyl (C=O) groups excluding carboxylic acids is 2. The molecule has 2 fully saturated rings. The molecule has 0 aromatic heterocycles. The van der Waals surface area contributed by atoms with Crippen LogP contribution in [0.1, 0.15) is 89.6 Å². The molecule has 13 heteroatoms. The Balaban J connectivity index is 1.59. The van der Waals surface area contributed by atoms with E-state index in [9.17, 15) is 35.9 Å². The molecule has 2 aromatic carbocycles. The molecule has 0 N–H and O–H groups in total. The van der Waals surface area contributed by atoms with Crippen LogP contribution in [0.3, 0.4) is 0 Å². The van der Waals surface area contributed by atoms with Gasteiger partial charge in [0.05, 0.1) is 23.2 Å². The number of piperidine rings is 1. The number of urea groups is 1. The van der Waals surface area contributed by atoms with Gasteiger partial charge in [-0.1, -0.05) is 45.0 Å². The van der Waals surface area contributed by atoms with Crippen LogP contribution in [0.5, 0.6) is 0 Å². The zero-order valence-corrected chi connectivity index (χ0v) is 29.3. The fraction of sp³-hybridized carbons (Fsp3) is 0.611. The van der Waals surface area contributed by atoms with Gasteiger partial charge in [-0.2, -0.15) is 26.3 Å². The van der Waals surface area contributed by atoms with E-state index in [0.29, 0.717) is 63.2 Å². The van der Waals surface area contributed by atoms with E-state index >= 15 is 0 Å². The Morgan fingerprint density at radius 1 is 0.776 bits per heavy atom. The number of hydrogen-bond donors (Lipinski definition) is 0. The fourth-order valence-electron chi connectivity index (χ4n) is 6.73. The maximum atomic E-state index is 14.3. The van der Waals surface area contributed by atoms with Gasteiger partial charge in [-0.25, -0.2) is 9.59 Å². The first-order valence-electron chi connectivity index (χ1n) is 16.7. The van der Waals surface area contributed by atoms with Crippen LogP contribution in [-0.4, -0.2) is 88.7 Å². The van der Waals surface area contributed by atoms with Crippen molar-refractivity contribution in [2.75, 3.05) is 39.3 Å². The smallest absolute Gasteiger partial charge is 0.416 e. The summed E-state index contributed by atoms with van der Waals surface area (Å²) >= 11 is 0. The van der Waals surface area contributed by atoms with Crippen molar-refractivity contribution in [3.8, 4) is 0 Å². The number of benzene rings is 2. The molecule has 4 rings (SSSR count). The van der Waals surface area contributed by atoms with Gasteiger partial charge in [-0.3, -0.25) is 4.90 Å². The number of rotatable bonds is 5. The lowest BCUT2D eigenvalue weighted by atomic mass is 9.83. The summed E-state index contributed by atoms with van der Waals surface area (Å²) in [5.74, 6) is 0. The SMILES string of the molecule is CCN(C(=O)N1CCN(C(c2ccc(C(F)(F)F)cc2)c2ccc(C(F)(F)F)cc2)C[C@@H]1C(C)(C)C)C1CCN(C(=O)OC(C)(C)C)CC1. The van der Waals surface area contributed by atoms with Crippen molar-refractivity contribution in [1.29, 1.82) is 0 Å². The number of hydrogen-bond acceptors (Lipinski definition) is 4. The zero-order chi connectivity index (χ0) is 36.5. The molecule has 0 saturated carbocycles. The Morgan fingerprint density at radius 2 is 1.24 bits per heavy atom. The lowest BCUT2D eigenvalue weighted by Gasteiger charge is -2.51. The molecule has 1 atom stereocenters. The molecule has 7 nitrogen and oxygen atoms in total. The largest absolute Gasteiger partial charge is 0.444 e. The second-order valence-corrected chi connectivity index (χ2v) is 15.0. The number of alkyl halides is 6. The van der Waals surface area contributed by atoms with Crippen LogP contribution in [-0.2, 0) is 17.1 Å². The van der Waals surface area contributed by atoms with Crippen molar-refractivity contribution in [2.24, 2.45) is 5.41 Å². The van der Waals surface area contributed by atoms with E-state index in [-0.39, 0.29) is 24.2 Å². The van der Waals surface area contributed by atoms with Gasteiger partial charge in [0.1, 0.15) is 5.60 Å². The number of likely N-dealkylation sites (tertiary alicyclic amines) is 1. The molecule has 0 aliphatic carbocycles. The summed E-state index contributed by atoms with van der Waals surface area (Å²) in [4.78, 5) is 34.3. The number of nitrogens with zero attached hydrogens (tertiary/aromatic N) is 4. The number of halogens is 6. The Hall–Kier alpha value is -3.48. The van der Waals surface area contributed by atoms with Crippen LogP contribution in [0.4, 0.5) is 35.9 Å². The maximum absolute atomic E-state index is 14.3. The Labute approximate surface area is 285 Å². The van der Waals surface area contributed by atoms with E-state index in [1.807, 2.05) is 63.2 Å². The normalized spacial score (nSPS) is 18.9. The first-order valence-corrected chi connectivity index (χ1v) is 16.7. The monoisotopic (exact) mass is 698 g/mol. The molecule has 2 aliphatic heterocycles. The summed E-state index contributed by atoms with van der Waals surface area (Å²) < 4.78 is 86.0. The van der Waals surface area contributed by atoms with E-state index in [1.165, 1.54) is 24.3 Å². The summed E-state index contributed by atoms with van der Waals surface area (Å²) in [6.45, 7) is 15.8. The molecule has 3 amide bonds. The van der Waals surface area contributed by atoms with Crippen LogP contribution in [0.25, 0.3) is 0 Å². The summed E-state index contributed by atoms with van der Waals surface area (Å²) in [6.07, 6.45) is -8.25. The van der Waals surface area contributed by atoms with Gasteiger partial charge in [-0.05, 0) is 81.3 Å². The third kappa shape index (κ3) is 9.40. The minimum Gasteiger partial charge on any atom is -0.444 e. The van der Waals surface area contributed by atoms with E-state index in [0.717, 1.165) is 24.3 Å². The van der Waals surface area contributed by atoms with Crippen LogP contribution in [0.15, 0.2) is 48.5 Å². The lowest BCUT2D eigenvalue weighted by Crippen LogP contribution is -2.63. The van der Waals surface area contributed by atoms with Crippen LogP contribution >= 0.6 is 0 Å². The predicted molar refractivity (Wildman–Crippen MR) is 175 cm³/mol. The summed E-state index contributed by atoms with van der Waals surface area (Å²) in [5, 5.41) is 0. The number of ether oxygens (including phenoxy) is 1. The highest BCUT2D eigenvalue weighted by molar-refractivity contribution is 5.75. The van der Waals surface area contributed by atoms with Gasteiger partial charge in [0.25, 0.3) is 0 Å². The van der Waals surface area contributed by atoms with Gasteiger partial charge in [0.15, 0.2) is 0 Å². The summed E-state index contributed by atoms with van der Waals surface area (Å²) in [6, 6.07) is 8.26. The van der Waals surface area contributed by atoms with Gasteiger partial charge in [0.2, 0.25) is 0 Å². The minimum atomic E-state index is -4.54. The van der Waals surface area contributed by atoms with Crippen molar-refractivity contribution in [3.05, 3.63) is 70.8 Å². The highest BCUT2D eigenvalue weighted by Gasteiger charge is 2.43. The molecule has 0 radical (unpaired) electrons. The minimum absolute atomic E-state index is 0.0816. The third-order valence-corrected chi connectivity index (χ3v) is 9.27. The molecule has 0 spiro atoms. The second-order valence-electron chi connectivity index (χ2n) is 15.0. The van der Waals surface area contributed by atoms with Crippen LogP contribution in [0.2, 0.25) is 0 Å². The molecule has 0 bridgehead atoms. The van der Waals surface area contributed by atoms with Crippen LogP contribution in [0, 0.1) is 5.41 Å². The molecular formula is C36H48F6N4O3. The van der Waals surface area contributed by atoms with Gasteiger partial charge < -0.3 is 19.4 Å². The van der Waals surface area contributed by atoms with Crippen molar-refractivity contribution >= 4 is 12.1 Å². The van der Waals surface area contributed by atoms with Crippen molar-refractivity contribution in [3.63, 3.8) is 0 Å². The van der Waals surface area contributed by atoms with E-state index < -0.39 is 40.5 Å². The van der Waals surface area contributed by atoms with E-state index in [4.69, 9.17) is 4.74 Å². The number of piperazine rings is 1. The average molecular weight is 699 g/mol. The molecule has 2 aliphatic rings. The summed E-state index contributed by atoms with van der Waals surface area (Å²) in [5.41, 5.74) is -1.65. The van der Waals surface area contributed by atoms with Crippen molar-refractivity contribution < 1.29 is 40.7 Å².